The lowest BCUT2D eigenvalue weighted by Crippen LogP contribution is -2.57. The quantitative estimate of drug-likeness (QED) is 0.0560. The molecule has 0 saturated carbocycles. The molecule has 0 spiro atoms. The van der Waals surface area contributed by atoms with E-state index in [1.54, 1.807) is 56.7 Å². The molecule has 5 aromatic rings. The van der Waals surface area contributed by atoms with Gasteiger partial charge in [-0.1, -0.05) is 93.7 Å². The molecule has 3 N–H and O–H groups in total. The highest BCUT2D eigenvalue weighted by molar-refractivity contribution is 7.92. The number of carbonyl (C=O) groups excluding carboxylic acids is 4. The molecule has 3 fully saturated rings. The fourth-order valence-corrected chi connectivity index (χ4v) is 13.4. The van der Waals surface area contributed by atoms with Crippen LogP contribution >= 0.6 is 22.9 Å². The third-order valence-corrected chi connectivity index (χ3v) is 19.6. The number of rotatable bonds is 22. The summed E-state index contributed by atoms with van der Waals surface area (Å²) in [6, 6.07) is 19.9. The highest BCUT2D eigenvalue weighted by Gasteiger charge is 2.44. The van der Waals surface area contributed by atoms with E-state index in [1.807, 2.05) is 68.4 Å². The third-order valence-electron chi connectivity index (χ3n) is 16.0. The van der Waals surface area contributed by atoms with E-state index in [9.17, 15) is 32.7 Å². The number of nitrogens with zero attached hydrogens (tertiary/aromatic N) is 7. The summed E-state index contributed by atoms with van der Waals surface area (Å²) in [5, 5.41) is 16.4. The molecule has 436 valence electrons. The maximum atomic E-state index is 14.1. The number of β-amino-alcohol motifs (C(OH)–C–C–N with tert-alkyl or cyclic N) is 1. The number of aliphatic hydroxyl groups excluding tert-OH is 1. The summed E-state index contributed by atoms with van der Waals surface area (Å²) in [6.45, 7) is 16.2. The number of thiazole rings is 1. The van der Waals surface area contributed by atoms with Crippen LogP contribution < -0.4 is 20.3 Å². The number of piperazine rings is 1. The van der Waals surface area contributed by atoms with Crippen LogP contribution in [0.25, 0.3) is 10.4 Å². The van der Waals surface area contributed by atoms with Crippen molar-refractivity contribution in [3.8, 4) is 16.2 Å². The number of sulfone groups is 1. The van der Waals surface area contributed by atoms with E-state index in [4.69, 9.17) is 21.3 Å². The number of piperidine rings is 1. The maximum absolute atomic E-state index is 14.1. The Morgan fingerprint density at radius 3 is 2.25 bits per heavy atom. The molecule has 2 aromatic heterocycles. The molecule has 0 unspecified atom stereocenters. The van der Waals surface area contributed by atoms with Crippen molar-refractivity contribution < 1.29 is 37.4 Å². The number of anilines is 1. The Hall–Kier alpha value is -5.99. The third kappa shape index (κ3) is 15.6. The van der Waals surface area contributed by atoms with Crippen molar-refractivity contribution in [2.45, 2.75) is 153 Å². The molecule has 3 atom stereocenters. The number of unbranched alkanes of at least 4 members (excludes halogenated alkanes) is 3. The molecular weight excluding hydrogens is 1090 g/mol. The van der Waals surface area contributed by atoms with Gasteiger partial charge in [-0.25, -0.2) is 23.4 Å². The van der Waals surface area contributed by atoms with Crippen LogP contribution in [0, 0.1) is 12.3 Å². The lowest BCUT2D eigenvalue weighted by Gasteiger charge is -2.43. The van der Waals surface area contributed by atoms with Crippen molar-refractivity contribution in [3.05, 3.63) is 117 Å². The average Bonchev–Trinajstić information content (AvgIpc) is 4.09. The van der Waals surface area contributed by atoms with Gasteiger partial charge in [0.1, 0.15) is 23.7 Å². The van der Waals surface area contributed by atoms with Crippen LogP contribution in [0.1, 0.15) is 126 Å². The molecule has 20 heteroatoms. The second kappa shape index (κ2) is 27.4. The smallest absolute Gasteiger partial charge is 0.246 e. The van der Waals surface area contributed by atoms with Crippen molar-refractivity contribution in [1.29, 1.82) is 0 Å². The number of amides is 4. The normalized spacial score (nSPS) is 17.8. The summed E-state index contributed by atoms with van der Waals surface area (Å²) in [6.07, 6.45) is 7.20. The van der Waals surface area contributed by atoms with Gasteiger partial charge in [0.2, 0.25) is 23.6 Å². The van der Waals surface area contributed by atoms with Gasteiger partial charge in [-0.2, -0.15) is 0 Å². The van der Waals surface area contributed by atoms with E-state index in [2.05, 4.69) is 48.6 Å². The van der Waals surface area contributed by atoms with Gasteiger partial charge in [-0.3, -0.25) is 24.1 Å². The molecular formula is C61H80ClN9O8S2. The standard InChI is InChI=1S/C61H80ClN9O8S2/c1-40(2)81(77,78)53-15-13-12-14-45(53)32-50-49(62)37-63-54(66-50)33-44-22-23-47(34-52(44)79-7)68-26-24-46(25-27-68)69-28-30-70(31-29-69)56(74)17-11-9-8-10-16-55(73)67-58(61(4,5)6)60(76)71-38-48(72)35-51(71)59(75)64-36-42-18-20-43(21-19-42)57-41(3)65-39-80-57/h12-15,18-23,34,37,39-40,46,48,51,58,72H,8-11,16-17,24-33,35-36,38H2,1-7H3,(H,64,75)(H,67,73)/t48-,51+,58-/m1/s1. The van der Waals surface area contributed by atoms with Crippen LogP contribution in [0.4, 0.5) is 5.69 Å². The van der Waals surface area contributed by atoms with Gasteiger partial charge in [-0.05, 0) is 80.7 Å². The van der Waals surface area contributed by atoms with E-state index < -0.39 is 38.7 Å². The van der Waals surface area contributed by atoms with E-state index in [-0.39, 0.29) is 60.9 Å². The van der Waals surface area contributed by atoms with Gasteiger partial charge in [0, 0.05) is 114 Å². The Morgan fingerprint density at radius 2 is 1.58 bits per heavy atom. The minimum absolute atomic E-state index is 0.0106. The van der Waals surface area contributed by atoms with Crippen molar-refractivity contribution in [3.63, 3.8) is 0 Å². The first-order chi connectivity index (χ1) is 38.7. The van der Waals surface area contributed by atoms with Crippen LogP contribution in [-0.2, 0) is 48.4 Å². The second-order valence-corrected chi connectivity index (χ2v) is 26.9. The number of halogens is 1. The van der Waals surface area contributed by atoms with E-state index in [1.165, 1.54) is 4.90 Å². The lowest BCUT2D eigenvalue weighted by atomic mass is 9.85. The van der Waals surface area contributed by atoms with Crippen molar-refractivity contribution in [2.24, 2.45) is 5.41 Å². The Morgan fingerprint density at radius 1 is 0.877 bits per heavy atom. The van der Waals surface area contributed by atoms with E-state index in [0.29, 0.717) is 60.5 Å². The van der Waals surface area contributed by atoms with Gasteiger partial charge in [0.05, 0.1) is 50.2 Å². The number of carbonyl (C=O) groups is 4. The van der Waals surface area contributed by atoms with Crippen LogP contribution in [0.3, 0.4) is 0 Å². The van der Waals surface area contributed by atoms with Gasteiger partial charge in [0.15, 0.2) is 9.84 Å². The maximum Gasteiger partial charge on any atom is 0.246 e. The zero-order valence-corrected chi connectivity index (χ0v) is 50.3. The predicted molar refractivity (Wildman–Crippen MR) is 317 cm³/mol. The van der Waals surface area contributed by atoms with Crippen molar-refractivity contribution >= 4 is 62.1 Å². The number of ether oxygens (including phenoxy) is 1. The van der Waals surface area contributed by atoms with Gasteiger partial charge in [-0.15, -0.1) is 11.3 Å². The summed E-state index contributed by atoms with van der Waals surface area (Å²) >= 11 is 8.15. The number of nitrogens with one attached hydrogen (secondary N) is 2. The summed E-state index contributed by atoms with van der Waals surface area (Å²) < 4.78 is 32.1. The van der Waals surface area contributed by atoms with Crippen molar-refractivity contribution in [2.75, 3.05) is 57.8 Å². The largest absolute Gasteiger partial charge is 0.496 e. The minimum Gasteiger partial charge on any atom is -0.496 e. The number of aryl methyl sites for hydroxylation is 1. The highest BCUT2D eigenvalue weighted by atomic mass is 35.5. The van der Waals surface area contributed by atoms with Gasteiger partial charge >= 0.3 is 0 Å². The molecule has 8 rings (SSSR count). The molecule has 0 radical (unpaired) electrons. The zero-order chi connectivity index (χ0) is 58.0. The fraction of sp³-hybridized carbons (Fsp3) is 0.525. The van der Waals surface area contributed by atoms with Gasteiger partial charge < -0.3 is 35.2 Å². The van der Waals surface area contributed by atoms with Crippen molar-refractivity contribution in [1.82, 2.24) is 40.3 Å². The molecule has 3 aromatic carbocycles. The number of likely N-dealkylation sites (tertiary alicyclic amines) is 1. The number of benzene rings is 3. The Balaban J connectivity index is 0.722. The number of aromatic nitrogens is 3. The van der Waals surface area contributed by atoms with Crippen LogP contribution in [0.5, 0.6) is 5.75 Å². The van der Waals surface area contributed by atoms with Gasteiger partial charge in [0.25, 0.3) is 0 Å². The summed E-state index contributed by atoms with van der Waals surface area (Å²) in [5.74, 6) is 0.491. The van der Waals surface area contributed by atoms with Crippen LogP contribution in [-0.4, -0.2) is 149 Å². The topological polar surface area (TPSA) is 208 Å². The monoisotopic (exact) mass is 1170 g/mol. The summed E-state index contributed by atoms with van der Waals surface area (Å²) in [7, 11) is -1.84. The van der Waals surface area contributed by atoms with Crippen LogP contribution in [0.15, 0.2) is 83.3 Å². The second-order valence-electron chi connectivity index (χ2n) is 23.1. The predicted octanol–water partition coefficient (Wildman–Crippen LogP) is 8.20. The number of hydrogen-bond donors (Lipinski definition) is 3. The fourth-order valence-electron chi connectivity index (χ4n) is 11.2. The molecule has 0 aliphatic carbocycles. The molecule has 0 bridgehead atoms. The SMILES string of the molecule is COc1cc(N2CCC(N3CCN(C(=O)CCCCCCC(=O)N[C@H](C(=O)N4C[C@H](O)C[C@H]4C(=O)NCc4ccc(-c5scnc5C)cc4)C(C)(C)C)CC3)CC2)ccc1Cc1ncc(Cl)c(Cc2ccccc2S(=O)(=O)C(C)C)n1. The number of methoxy groups -OCH3 is 1. The lowest BCUT2D eigenvalue weighted by molar-refractivity contribution is -0.144. The van der Waals surface area contributed by atoms with E-state index in [0.717, 1.165) is 97.0 Å². The first-order valence-corrected chi connectivity index (χ1v) is 31.3. The molecule has 4 amide bonds. The molecule has 17 nitrogen and oxygen atoms in total. The number of aliphatic hydroxyl groups is 1. The molecule has 3 saturated heterocycles. The zero-order valence-electron chi connectivity index (χ0n) is 48.0. The van der Waals surface area contributed by atoms with Crippen LogP contribution in [0.2, 0.25) is 5.02 Å². The summed E-state index contributed by atoms with van der Waals surface area (Å²) in [4.78, 5) is 77.6. The highest BCUT2D eigenvalue weighted by Crippen LogP contribution is 2.33. The molecule has 5 heterocycles. The molecule has 3 aliphatic rings. The van der Waals surface area contributed by atoms with E-state index >= 15 is 0 Å². The Kier molecular flexibility index (Phi) is 20.7. The first kappa shape index (κ1) is 61.1. The molecule has 81 heavy (non-hydrogen) atoms. The molecule has 3 aliphatic heterocycles. The average molecular weight is 1170 g/mol. The Labute approximate surface area is 487 Å². The Bertz CT molecular complexity index is 3100. The summed E-state index contributed by atoms with van der Waals surface area (Å²) in [5.41, 5.74) is 7.31. The minimum atomic E-state index is -3.50. The number of hydrogen-bond acceptors (Lipinski definition) is 14. The first-order valence-electron chi connectivity index (χ1n) is 28.5.